The van der Waals surface area contributed by atoms with E-state index in [1.54, 1.807) is 60.7 Å². The van der Waals surface area contributed by atoms with Crippen LogP contribution in [-0.2, 0) is 130 Å². The third-order valence-corrected chi connectivity index (χ3v) is 28.2. The van der Waals surface area contributed by atoms with Crippen LogP contribution in [0.1, 0.15) is 188 Å². The molecule has 5 saturated carbocycles. The van der Waals surface area contributed by atoms with Crippen molar-refractivity contribution in [1.82, 2.24) is 0 Å². The second-order valence-electron chi connectivity index (χ2n) is 35.2. The molecule has 0 aromatic heterocycles. The van der Waals surface area contributed by atoms with E-state index in [0.717, 1.165) is 83.7 Å². The van der Waals surface area contributed by atoms with Crippen LogP contribution in [0.15, 0.2) is 212 Å². The summed E-state index contributed by atoms with van der Waals surface area (Å²) in [6, 6.07) is 56.8. The summed E-state index contributed by atoms with van der Waals surface area (Å²) in [5.74, 6) is -12.5. The fraction of sp³-hybridized carbons (Fsp3) is 0.311. The number of carbonyl (C=O) groups excluding carboxylic acids is 11. The number of hydrogen-bond donors (Lipinski definition) is 0. The molecule has 36 nitrogen and oxygen atoms in total. The predicted octanol–water partition coefficient (Wildman–Crippen LogP) is 9.88. The van der Waals surface area contributed by atoms with E-state index in [9.17, 15) is 118 Å². The Bertz CT molecular complexity index is 7330. The number of Topliss-reactive ketones (excluding diaryl/α,β-unsaturated/α-hetero) is 1. The molecule has 149 heavy (non-hydrogen) atoms. The zero-order chi connectivity index (χ0) is 108. The predicted molar refractivity (Wildman–Crippen MR) is 535 cm³/mol. The number of ether oxygens (including phenoxy) is 10. The lowest BCUT2D eigenvalue weighted by atomic mass is 9.49. The van der Waals surface area contributed by atoms with Crippen LogP contribution in [-0.4, -0.2) is 231 Å². The second kappa shape index (κ2) is 51.1. The van der Waals surface area contributed by atoms with E-state index in [2.05, 4.69) is 0 Å². The minimum Gasteiger partial charge on any atom is -0.748 e. The summed E-state index contributed by atoms with van der Waals surface area (Å²) in [5, 5.41) is 1.53. The van der Waals surface area contributed by atoms with Crippen molar-refractivity contribution in [2.75, 3.05) is 61.8 Å². The van der Waals surface area contributed by atoms with Gasteiger partial charge in [-0.3, -0.25) is 24.0 Å². The van der Waals surface area contributed by atoms with Gasteiger partial charge in [-0.25, -0.2) is 70.9 Å². The van der Waals surface area contributed by atoms with Crippen LogP contribution in [0.25, 0.3) is 28.0 Å². The first-order chi connectivity index (χ1) is 70.7. The summed E-state index contributed by atoms with van der Waals surface area (Å²) < 4.78 is 212. The summed E-state index contributed by atoms with van der Waals surface area (Å²) in [7, 11) is 5.69. The van der Waals surface area contributed by atoms with Crippen LogP contribution >= 0.6 is 0 Å². The summed E-state index contributed by atoms with van der Waals surface area (Å²) in [5.41, 5.74) is 7.53. The van der Waals surface area contributed by atoms with E-state index in [0.29, 0.717) is 63.9 Å². The Morgan fingerprint density at radius 1 is 0.349 bits per heavy atom. The first-order valence-corrected chi connectivity index (χ1v) is 54.4. The summed E-state index contributed by atoms with van der Waals surface area (Å²) in [6.07, 6.45) is 12.1. The molecule has 0 aliphatic heterocycles. The molecule has 7 aliphatic rings. The normalized spacial score (nSPS) is 16.7. The van der Waals surface area contributed by atoms with Crippen molar-refractivity contribution in [3.63, 3.8) is 0 Å². The Balaban J connectivity index is 0.000000166. The van der Waals surface area contributed by atoms with Gasteiger partial charge in [-0.05, 0) is 167 Å². The highest BCUT2D eigenvalue weighted by Crippen LogP contribution is 2.59. The van der Waals surface area contributed by atoms with Crippen LogP contribution in [0.5, 0.6) is 28.7 Å². The van der Waals surface area contributed by atoms with Crippen molar-refractivity contribution < 1.29 is 165 Å². The minimum atomic E-state index is -4.54. The van der Waals surface area contributed by atoms with Gasteiger partial charge in [0.1, 0.15) is 102 Å². The standard InChI is InChI=1S/C24H19BO7S.C21H23BO8S.C21H17BO7S.C20H17BO7S.C17H21BO7S/c25-14-15-9-10-20(23(26)31-11-12-33(28,29)30)21(13-15)32-24(27)22-18-7-3-1-5-16(18)17-6-2-4-8-19(17)22;22-11-12-1-2-16(19(24)29-3-4-31(26,27)28)17(7-12)30-20(25)21-8-13-5-14(9-21)18(23)15(6-13)10-21;22-13-14-8-9-18(20(23)28-10-11-30(25,26)27)19(12-14)29-21(24)17-7-3-5-15-4-1-2-6-16(15)17;21-12-13-5-7-17(19(22)27-9-10-29(24,25)26)18(11-13)28-20(23)16-8-6-14-3-1-2-4-15(14)16;18-11-14-7-6-13(16(19)24-8-9-26(21,22)23)10-15(14)25-17(20)12-4-2-1-3-5-12/h1-10,13,22H,11-12,14H2,(H,28,29,30);1-2,7,13-15H,3-6,8-11H2,(H,26,27,28);1-9,12H,10-11,13H2,(H,25,26,27);1-8,11,16H,9-10,12H2,(H,24,25,26);6-7,10,12H,1-5,8-9,11H2,(H,21,22,23)/p-5. The van der Waals surface area contributed by atoms with Crippen molar-refractivity contribution in [2.45, 2.75) is 108 Å². The molecule has 3 unspecified atom stereocenters. The SMILES string of the molecule is [B]Cc1ccc(C(=O)OCCS(=O)(=O)[O-])c(OC(=O)C23CC4CC(C2)C(=O)C(C4)C3)c1.[B]Cc1ccc(C(=O)OCCS(=O)(=O)[O-])c(OC(=O)C2C=Cc3ccccc32)c1.[B]Cc1ccc(C(=O)OCCS(=O)(=O)[O-])c(OC(=O)C2c3ccccc3-c3ccccc32)c1.[B]Cc1ccc(C(=O)OCCS(=O)(=O)[O-])c(OC(=O)c2cccc3ccccc23)c1.[B]Cc1ccc(C(=O)OCCS(=O)(=O)[O-])cc1OC(=O)C1CCCCC1. The van der Waals surface area contributed by atoms with Crippen molar-refractivity contribution in [3.05, 3.63) is 296 Å². The Labute approximate surface area is 865 Å². The van der Waals surface area contributed by atoms with Gasteiger partial charge in [0, 0.05) is 11.8 Å². The van der Waals surface area contributed by atoms with Crippen molar-refractivity contribution in [3.8, 4) is 39.9 Å². The topological polar surface area (TPSA) is 566 Å². The molecular formula is C103H92B5O36S5-5. The zero-order valence-electron chi connectivity index (χ0n) is 79.6. The summed E-state index contributed by atoms with van der Waals surface area (Å²) in [4.78, 5) is 138. The molecule has 0 spiro atoms. The molecule has 46 heteroatoms. The molecule has 10 aromatic rings. The van der Waals surface area contributed by atoms with Crippen LogP contribution in [0.3, 0.4) is 0 Å². The van der Waals surface area contributed by atoms with E-state index in [-0.39, 0.29) is 118 Å². The van der Waals surface area contributed by atoms with E-state index in [1.807, 2.05) is 97.1 Å². The van der Waals surface area contributed by atoms with Gasteiger partial charge >= 0.3 is 59.7 Å². The Morgan fingerprint density at radius 3 is 1.18 bits per heavy atom. The average molecular weight is 2120 g/mol. The highest BCUT2D eigenvalue weighted by molar-refractivity contribution is 7.86. The Morgan fingerprint density at radius 2 is 0.738 bits per heavy atom. The van der Waals surface area contributed by atoms with Crippen LogP contribution in [0.2, 0.25) is 0 Å². The Kier molecular flexibility index (Phi) is 39.2. The van der Waals surface area contributed by atoms with E-state index in [1.165, 1.54) is 60.7 Å². The van der Waals surface area contributed by atoms with Gasteiger partial charge in [0.15, 0.2) is 0 Å². The van der Waals surface area contributed by atoms with Crippen molar-refractivity contribution in [1.29, 1.82) is 0 Å². The van der Waals surface area contributed by atoms with E-state index < -0.39 is 183 Å². The number of carbonyl (C=O) groups is 11. The van der Waals surface area contributed by atoms with E-state index >= 15 is 0 Å². The molecule has 17 rings (SSSR count). The molecule has 7 aliphatic carbocycles. The van der Waals surface area contributed by atoms with Crippen molar-refractivity contribution >= 4 is 172 Å². The molecule has 0 saturated heterocycles. The summed E-state index contributed by atoms with van der Waals surface area (Å²) >= 11 is 0. The van der Waals surface area contributed by atoms with E-state index in [4.69, 9.17) is 86.6 Å². The second-order valence-corrected chi connectivity index (χ2v) is 42.8. The van der Waals surface area contributed by atoms with Crippen LogP contribution < -0.4 is 23.7 Å². The number of benzene rings is 10. The first kappa shape index (κ1) is 114. The number of esters is 10. The number of ketones is 1. The van der Waals surface area contributed by atoms with Gasteiger partial charge in [0.2, 0.25) is 0 Å². The quantitative estimate of drug-likeness (QED) is 0.0117. The first-order valence-electron chi connectivity index (χ1n) is 46.5. The zero-order valence-corrected chi connectivity index (χ0v) is 83.6. The van der Waals surface area contributed by atoms with Gasteiger partial charge in [-0.1, -0.05) is 225 Å². The lowest BCUT2D eigenvalue weighted by Crippen LogP contribution is -2.55. The van der Waals surface area contributed by atoms with Gasteiger partial charge in [0.25, 0.3) is 0 Å². The highest BCUT2D eigenvalue weighted by atomic mass is 32.2. The number of fused-ring (bicyclic) bond motifs is 5. The molecule has 0 amide bonds. The van der Waals surface area contributed by atoms with Gasteiger partial charge < -0.3 is 70.1 Å². The molecule has 5 fully saturated rings. The molecule has 3 atom stereocenters. The molecular weight excluding hydrogens is 2030 g/mol. The maximum absolute atomic E-state index is 13.3. The third-order valence-electron chi connectivity index (χ3n) is 24.9. The highest BCUT2D eigenvalue weighted by Gasteiger charge is 2.59. The molecule has 0 heterocycles. The lowest BCUT2D eigenvalue weighted by molar-refractivity contribution is -0.167. The smallest absolute Gasteiger partial charge is 0.344 e. The minimum absolute atomic E-state index is 0.0231. The number of hydrogen-bond acceptors (Lipinski definition) is 36. The fourth-order valence-electron chi connectivity index (χ4n) is 17.8. The maximum Gasteiger partial charge on any atom is 0.344 e. The molecule has 4 bridgehead atoms. The monoisotopic (exact) mass is 2120 g/mol. The fourth-order valence-corrected chi connectivity index (χ4v) is 19.2. The molecule has 10 radical (unpaired) electrons. The van der Waals surface area contributed by atoms with Gasteiger partial charge in [0.05, 0.1) is 141 Å². The lowest BCUT2D eigenvalue weighted by Gasteiger charge is -2.53. The Hall–Kier alpha value is -13.6. The number of rotatable bonds is 35. The van der Waals surface area contributed by atoms with Crippen LogP contribution in [0, 0.1) is 29.1 Å². The maximum atomic E-state index is 13.3. The third kappa shape index (κ3) is 31.8. The average Bonchev–Trinajstić information content (AvgIpc) is 1.52. The largest absolute Gasteiger partial charge is 0.748 e. The molecule has 770 valence electrons. The molecule has 10 aromatic carbocycles. The van der Waals surface area contributed by atoms with Gasteiger partial charge in [-0.2, -0.15) is 0 Å². The van der Waals surface area contributed by atoms with Crippen LogP contribution in [0.4, 0.5) is 0 Å². The molecule has 0 N–H and O–H groups in total. The summed E-state index contributed by atoms with van der Waals surface area (Å²) in [6.45, 7) is -2.97. The van der Waals surface area contributed by atoms with Gasteiger partial charge in [-0.15, -0.1) is 0 Å². The van der Waals surface area contributed by atoms with Crippen molar-refractivity contribution in [2.24, 2.45) is 29.1 Å².